The van der Waals surface area contributed by atoms with E-state index in [4.69, 9.17) is 11.6 Å². The third kappa shape index (κ3) is 5.30. The monoisotopic (exact) mass is 273 g/mol. The molecule has 0 radical (unpaired) electrons. The summed E-state index contributed by atoms with van der Waals surface area (Å²) in [6, 6.07) is 7.97. The van der Waals surface area contributed by atoms with Gasteiger partial charge in [0.1, 0.15) is 0 Å². The van der Waals surface area contributed by atoms with Crippen LogP contribution in [0.15, 0.2) is 24.3 Å². The first-order chi connectivity index (χ1) is 7.94. The van der Waals surface area contributed by atoms with Gasteiger partial charge in [-0.2, -0.15) is 11.8 Å². The van der Waals surface area contributed by atoms with Crippen molar-refractivity contribution in [2.24, 2.45) is 0 Å². The summed E-state index contributed by atoms with van der Waals surface area (Å²) in [6.07, 6.45) is 1.99. The van der Waals surface area contributed by atoms with Crippen molar-refractivity contribution in [3.8, 4) is 0 Å². The van der Waals surface area contributed by atoms with Crippen molar-refractivity contribution < 1.29 is 5.11 Å². The number of aliphatic hydroxyl groups is 1. The molecular formula is C13H20ClNOS. The average molecular weight is 274 g/mol. The predicted molar refractivity (Wildman–Crippen MR) is 76.9 cm³/mol. The van der Waals surface area contributed by atoms with E-state index >= 15 is 0 Å². The Hall–Kier alpha value is -0.220. The van der Waals surface area contributed by atoms with Gasteiger partial charge < -0.3 is 10.4 Å². The molecule has 96 valence electrons. The highest BCUT2D eigenvalue weighted by atomic mass is 35.5. The summed E-state index contributed by atoms with van der Waals surface area (Å²) in [5.74, 6) is 0.724. The molecule has 1 aromatic carbocycles. The van der Waals surface area contributed by atoms with Crippen LogP contribution in [0.5, 0.6) is 0 Å². The zero-order valence-electron chi connectivity index (χ0n) is 10.5. The van der Waals surface area contributed by atoms with Crippen LogP contribution in [0, 0.1) is 0 Å². The highest BCUT2D eigenvalue weighted by Crippen LogP contribution is 2.18. The van der Waals surface area contributed by atoms with Crippen molar-refractivity contribution >= 4 is 23.4 Å². The third-order valence-corrected chi connectivity index (χ3v) is 3.74. The summed E-state index contributed by atoms with van der Waals surface area (Å²) in [4.78, 5) is 0. The van der Waals surface area contributed by atoms with Crippen LogP contribution in [-0.4, -0.2) is 29.3 Å². The quantitative estimate of drug-likeness (QED) is 0.835. The van der Waals surface area contributed by atoms with E-state index in [1.54, 1.807) is 11.8 Å². The maximum Gasteiger partial charge on any atom is 0.0833 e. The van der Waals surface area contributed by atoms with E-state index in [-0.39, 0.29) is 6.04 Å². The van der Waals surface area contributed by atoms with Gasteiger partial charge in [-0.15, -0.1) is 0 Å². The van der Waals surface area contributed by atoms with Crippen LogP contribution in [0.25, 0.3) is 0 Å². The maximum atomic E-state index is 10.1. The lowest BCUT2D eigenvalue weighted by Gasteiger charge is -2.25. The van der Waals surface area contributed by atoms with Crippen molar-refractivity contribution in [3.63, 3.8) is 0 Å². The first-order valence-electron chi connectivity index (χ1n) is 5.65. The second-order valence-electron chi connectivity index (χ2n) is 4.59. The van der Waals surface area contributed by atoms with Gasteiger partial charge in [-0.05, 0) is 37.8 Å². The number of halogens is 1. The van der Waals surface area contributed by atoms with Crippen molar-refractivity contribution in [2.75, 3.05) is 18.6 Å². The molecule has 0 heterocycles. The standard InChI is InChI=1S/C13H20ClNOS/c1-10(11-5-4-6-12(14)7-11)15-8-13(2,16)9-17-3/h4-7,10,15-16H,8-9H2,1-3H3. The van der Waals surface area contributed by atoms with Crippen LogP contribution in [0.1, 0.15) is 25.5 Å². The molecule has 2 N–H and O–H groups in total. The minimum Gasteiger partial charge on any atom is -0.388 e. The Morgan fingerprint density at radius 3 is 2.82 bits per heavy atom. The Kier molecular flexibility index (Phi) is 5.80. The second-order valence-corrected chi connectivity index (χ2v) is 5.89. The lowest BCUT2D eigenvalue weighted by Crippen LogP contribution is -2.40. The van der Waals surface area contributed by atoms with Crippen LogP contribution >= 0.6 is 23.4 Å². The lowest BCUT2D eigenvalue weighted by molar-refractivity contribution is 0.0821. The Morgan fingerprint density at radius 2 is 2.24 bits per heavy atom. The molecule has 0 saturated carbocycles. The molecule has 2 atom stereocenters. The summed E-state index contributed by atoms with van der Waals surface area (Å²) in [6.45, 7) is 4.49. The highest BCUT2D eigenvalue weighted by Gasteiger charge is 2.20. The molecule has 0 aliphatic heterocycles. The fraction of sp³-hybridized carbons (Fsp3) is 0.538. The zero-order chi connectivity index (χ0) is 12.9. The molecule has 1 aromatic rings. The number of thioether (sulfide) groups is 1. The van der Waals surface area contributed by atoms with E-state index < -0.39 is 5.60 Å². The molecular weight excluding hydrogens is 254 g/mol. The normalized spacial score (nSPS) is 16.5. The fourth-order valence-corrected chi connectivity index (χ4v) is 2.55. The maximum absolute atomic E-state index is 10.1. The Balaban J connectivity index is 2.52. The van der Waals surface area contributed by atoms with Gasteiger partial charge in [0.15, 0.2) is 0 Å². The summed E-state index contributed by atoms with van der Waals surface area (Å²) in [5, 5.41) is 14.1. The van der Waals surface area contributed by atoms with Crippen molar-refractivity contribution in [1.82, 2.24) is 5.32 Å². The molecule has 0 aliphatic rings. The average Bonchev–Trinajstić information content (AvgIpc) is 2.26. The van der Waals surface area contributed by atoms with Crippen molar-refractivity contribution in [3.05, 3.63) is 34.9 Å². The van der Waals surface area contributed by atoms with Gasteiger partial charge in [-0.3, -0.25) is 0 Å². The van der Waals surface area contributed by atoms with E-state index in [1.165, 1.54) is 0 Å². The molecule has 17 heavy (non-hydrogen) atoms. The summed E-state index contributed by atoms with van der Waals surface area (Å²) >= 11 is 7.60. The van der Waals surface area contributed by atoms with E-state index in [9.17, 15) is 5.11 Å². The Bertz CT molecular complexity index is 357. The number of benzene rings is 1. The van der Waals surface area contributed by atoms with Gasteiger partial charge in [0, 0.05) is 23.4 Å². The molecule has 0 bridgehead atoms. The Morgan fingerprint density at radius 1 is 1.53 bits per heavy atom. The van der Waals surface area contributed by atoms with E-state index in [1.807, 2.05) is 37.4 Å². The van der Waals surface area contributed by atoms with Crippen LogP contribution in [-0.2, 0) is 0 Å². The van der Waals surface area contributed by atoms with Gasteiger partial charge in [0.25, 0.3) is 0 Å². The number of hydrogen-bond donors (Lipinski definition) is 2. The molecule has 2 nitrogen and oxygen atoms in total. The minimum absolute atomic E-state index is 0.182. The summed E-state index contributed by atoms with van der Waals surface area (Å²) in [5.41, 5.74) is 0.462. The molecule has 0 spiro atoms. The van der Waals surface area contributed by atoms with E-state index in [0.717, 1.165) is 16.3 Å². The zero-order valence-corrected chi connectivity index (χ0v) is 12.1. The van der Waals surface area contributed by atoms with Gasteiger partial charge in [0.2, 0.25) is 0 Å². The van der Waals surface area contributed by atoms with Gasteiger partial charge >= 0.3 is 0 Å². The first-order valence-corrected chi connectivity index (χ1v) is 7.42. The second kappa shape index (κ2) is 6.64. The van der Waals surface area contributed by atoms with Crippen LogP contribution in [0.4, 0.5) is 0 Å². The molecule has 4 heteroatoms. The van der Waals surface area contributed by atoms with Crippen LogP contribution in [0.2, 0.25) is 5.02 Å². The van der Waals surface area contributed by atoms with Crippen LogP contribution < -0.4 is 5.32 Å². The minimum atomic E-state index is -0.674. The van der Waals surface area contributed by atoms with Crippen molar-refractivity contribution in [1.29, 1.82) is 0 Å². The molecule has 0 aromatic heterocycles. The summed E-state index contributed by atoms with van der Waals surface area (Å²) in [7, 11) is 0. The Labute approximate surface area is 113 Å². The largest absolute Gasteiger partial charge is 0.388 e. The van der Waals surface area contributed by atoms with Gasteiger partial charge in [-0.1, -0.05) is 23.7 Å². The van der Waals surface area contributed by atoms with Gasteiger partial charge in [-0.25, -0.2) is 0 Å². The number of rotatable bonds is 6. The third-order valence-electron chi connectivity index (χ3n) is 2.59. The van der Waals surface area contributed by atoms with Gasteiger partial charge in [0.05, 0.1) is 5.60 Å². The summed E-state index contributed by atoms with van der Waals surface area (Å²) < 4.78 is 0. The molecule has 1 rings (SSSR count). The number of hydrogen-bond acceptors (Lipinski definition) is 3. The molecule has 0 amide bonds. The van der Waals surface area contributed by atoms with Crippen molar-refractivity contribution in [2.45, 2.75) is 25.5 Å². The SMILES string of the molecule is CSCC(C)(O)CNC(C)c1cccc(Cl)c1. The molecule has 2 unspecified atom stereocenters. The first kappa shape index (κ1) is 14.8. The van der Waals surface area contributed by atoms with Crippen LogP contribution in [0.3, 0.4) is 0 Å². The predicted octanol–water partition coefficient (Wildman–Crippen LogP) is 3.10. The molecule has 0 saturated heterocycles. The molecule has 0 aliphatic carbocycles. The number of nitrogens with one attached hydrogen (secondary N) is 1. The smallest absolute Gasteiger partial charge is 0.0833 e. The lowest BCUT2D eigenvalue weighted by atomic mass is 10.1. The molecule has 0 fully saturated rings. The van der Waals surface area contributed by atoms with E-state index in [0.29, 0.717) is 6.54 Å². The van der Waals surface area contributed by atoms with E-state index in [2.05, 4.69) is 12.2 Å². The fourth-order valence-electron chi connectivity index (χ4n) is 1.63. The topological polar surface area (TPSA) is 32.3 Å². The highest BCUT2D eigenvalue weighted by molar-refractivity contribution is 7.98.